The van der Waals surface area contributed by atoms with E-state index in [2.05, 4.69) is 67.8 Å². The first-order valence-electron chi connectivity index (χ1n) is 25.0. The SMILES string of the molecule is CC(C)Oc1ccccc1[C@@H]1CCCN1C1CC2(CCN(c3ccc(C(=O)NS(=O)(=O)c4ccc(NCC5CCOCC5)c([N+](=O)[O-])c4)c(N4c5cc6cc[nH]c6nc5O[C@H]5COCC[C@@H]54)c3)CC2)C1. The van der Waals surface area contributed by atoms with Gasteiger partial charge in [0.15, 0.2) is 0 Å². The topological polar surface area (TPSA) is 194 Å². The Balaban J connectivity index is 0.867. The number of likely N-dealkylation sites (tertiary alicyclic amines) is 1. The summed E-state index contributed by atoms with van der Waals surface area (Å²) in [6, 6.07) is 22.4. The van der Waals surface area contributed by atoms with E-state index < -0.39 is 37.5 Å². The number of carbonyl (C=O) groups excluding carboxylic acids is 1. The Kier molecular flexibility index (Phi) is 12.6. The highest BCUT2D eigenvalue weighted by molar-refractivity contribution is 7.90. The molecule has 1 amide bonds. The molecule has 3 aromatic carbocycles. The van der Waals surface area contributed by atoms with Gasteiger partial charge in [-0.2, -0.15) is 4.98 Å². The van der Waals surface area contributed by atoms with Crippen molar-refractivity contribution < 1.29 is 37.1 Å². The summed E-state index contributed by atoms with van der Waals surface area (Å²) >= 11 is 0. The molecule has 1 saturated carbocycles. The van der Waals surface area contributed by atoms with E-state index in [1.165, 1.54) is 37.0 Å². The van der Waals surface area contributed by atoms with Crippen LogP contribution in [0.3, 0.4) is 0 Å². The number of piperidine rings is 1. The fourth-order valence-corrected chi connectivity index (χ4v) is 13.0. The fraction of sp³-hybridized carbons (Fsp3) is 0.500. The van der Waals surface area contributed by atoms with Crippen molar-refractivity contribution in [2.24, 2.45) is 11.3 Å². The van der Waals surface area contributed by atoms with Crippen LogP contribution in [0, 0.1) is 21.4 Å². The number of aromatic amines is 1. The van der Waals surface area contributed by atoms with E-state index in [4.69, 9.17) is 23.9 Å². The van der Waals surface area contributed by atoms with E-state index in [1.807, 2.05) is 30.5 Å². The number of nitro benzene ring substituents is 1. The van der Waals surface area contributed by atoms with Crippen molar-refractivity contribution in [1.29, 1.82) is 0 Å². The number of hydrogen-bond donors (Lipinski definition) is 3. The molecule has 0 bridgehead atoms. The highest BCUT2D eigenvalue weighted by Gasteiger charge is 2.50. The van der Waals surface area contributed by atoms with Crippen molar-refractivity contribution in [1.82, 2.24) is 19.6 Å². The van der Waals surface area contributed by atoms with Crippen LogP contribution in [0.5, 0.6) is 11.6 Å². The molecule has 0 radical (unpaired) electrons. The summed E-state index contributed by atoms with van der Waals surface area (Å²) in [6.07, 6.45) is 10.5. The van der Waals surface area contributed by atoms with E-state index in [1.54, 1.807) is 6.07 Å². The van der Waals surface area contributed by atoms with Crippen LogP contribution in [0.4, 0.5) is 28.4 Å². The first-order chi connectivity index (χ1) is 33.9. The quantitative estimate of drug-likeness (QED) is 0.0751. The average Bonchev–Trinajstić information content (AvgIpc) is 4.03. The Morgan fingerprint density at radius 3 is 2.56 bits per heavy atom. The van der Waals surface area contributed by atoms with Crippen molar-refractivity contribution in [3.8, 4) is 11.6 Å². The Bertz CT molecular complexity index is 2870. The minimum Gasteiger partial charge on any atom is -0.491 e. The highest BCUT2D eigenvalue weighted by Crippen LogP contribution is 2.55. The lowest BCUT2D eigenvalue weighted by atomic mass is 9.60. The molecule has 7 heterocycles. The van der Waals surface area contributed by atoms with Crippen LogP contribution in [-0.2, 0) is 19.5 Å². The lowest BCUT2D eigenvalue weighted by molar-refractivity contribution is -0.384. The number of nitrogens with zero attached hydrogens (tertiary/aromatic N) is 5. The molecular weight excluding hydrogens is 913 g/mol. The third-order valence-corrected chi connectivity index (χ3v) is 17.0. The van der Waals surface area contributed by atoms with E-state index in [-0.39, 0.29) is 34.7 Å². The Hall–Kier alpha value is -5.95. The van der Waals surface area contributed by atoms with Gasteiger partial charge in [-0.3, -0.25) is 19.8 Å². The molecule has 1 aliphatic carbocycles. The number of anilines is 4. The molecule has 17 nitrogen and oxygen atoms in total. The zero-order chi connectivity index (χ0) is 48.1. The van der Waals surface area contributed by atoms with E-state index in [9.17, 15) is 23.3 Å². The maximum absolute atomic E-state index is 14.7. The molecule has 1 spiro atoms. The van der Waals surface area contributed by atoms with Crippen LogP contribution >= 0.6 is 0 Å². The molecule has 11 rings (SSSR count). The van der Waals surface area contributed by atoms with Crippen LogP contribution in [0.1, 0.15) is 93.6 Å². The number of amides is 1. The second kappa shape index (κ2) is 19.0. The Labute approximate surface area is 408 Å². The predicted molar refractivity (Wildman–Crippen MR) is 266 cm³/mol. The summed E-state index contributed by atoms with van der Waals surface area (Å²) < 4.78 is 54.7. The molecule has 5 fully saturated rings. The summed E-state index contributed by atoms with van der Waals surface area (Å²) in [5.74, 6) is 0.773. The summed E-state index contributed by atoms with van der Waals surface area (Å²) in [6.45, 7) is 9.46. The monoisotopic (exact) mass is 974 g/mol. The predicted octanol–water partition coefficient (Wildman–Crippen LogP) is 8.49. The third kappa shape index (κ3) is 9.03. The number of aromatic nitrogens is 2. The van der Waals surface area contributed by atoms with Crippen LogP contribution in [-0.4, -0.2) is 111 Å². The van der Waals surface area contributed by atoms with Crippen LogP contribution in [0.15, 0.2) is 83.9 Å². The molecule has 5 aliphatic heterocycles. The van der Waals surface area contributed by atoms with Gasteiger partial charge in [-0.05, 0) is 138 Å². The van der Waals surface area contributed by atoms with Gasteiger partial charge in [-0.1, -0.05) is 18.2 Å². The maximum Gasteiger partial charge on any atom is 0.293 e. The molecule has 2 aromatic heterocycles. The number of para-hydroxylation sites is 1. The number of nitro groups is 1. The summed E-state index contributed by atoms with van der Waals surface area (Å²) in [7, 11) is -4.59. The lowest BCUT2D eigenvalue weighted by Gasteiger charge is -2.56. The minimum atomic E-state index is -4.59. The highest BCUT2D eigenvalue weighted by atomic mass is 32.2. The van der Waals surface area contributed by atoms with Gasteiger partial charge in [0, 0.05) is 80.4 Å². The molecule has 18 heteroatoms. The largest absolute Gasteiger partial charge is 0.491 e. The molecule has 3 atom stereocenters. The number of nitrogens with one attached hydrogen (secondary N) is 3. The van der Waals surface area contributed by atoms with Crippen molar-refractivity contribution in [2.75, 3.05) is 67.7 Å². The smallest absolute Gasteiger partial charge is 0.293 e. The van der Waals surface area contributed by atoms with Gasteiger partial charge in [0.1, 0.15) is 28.9 Å². The van der Waals surface area contributed by atoms with E-state index in [0.717, 1.165) is 74.6 Å². The van der Waals surface area contributed by atoms with Crippen molar-refractivity contribution >= 4 is 55.4 Å². The van der Waals surface area contributed by atoms with Gasteiger partial charge in [-0.25, -0.2) is 13.1 Å². The zero-order valence-electron chi connectivity index (χ0n) is 39.8. The van der Waals surface area contributed by atoms with Crippen LogP contribution in [0.25, 0.3) is 11.0 Å². The summed E-state index contributed by atoms with van der Waals surface area (Å²) in [5.41, 5.74) is 4.23. The van der Waals surface area contributed by atoms with Crippen LogP contribution in [0.2, 0.25) is 0 Å². The Morgan fingerprint density at radius 1 is 0.957 bits per heavy atom. The number of fused-ring (bicyclic) bond motifs is 3. The normalized spacial score (nSPS) is 22.9. The van der Waals surface area contributed by atoms with Gasteiger partial charge in [0.25, 0.3) is 21.6 Å². The molecule has 0 unspecified atom stereocenters. The first-order valence-corrected chi connectivity index (χ1v) is 26.5. The molecule has 6 aliphatic rings. The number of sulfonamides is 1. The summed E-state index contributed by atoms with van der Waals surface area (Å²) in [4.78, 5) is 41.2. The second-order valence-electron chi connectivity index (χ2n) is 20.3. The van der Waals surface area contributed by atoms with Gasteiger partial charge >= 0.3 is 0 Å². The van der Waals surface area contributed by atoms with Crippen molar-refractivity contribution in [2.45, 2.75) is 107 Å². The second-order valence-corrected chi connectivity index (χ2v) is 22.0. The number of H-pyrrole nitrogens is 1. The molecule has 70 heavy (non-hydrogen) atoms. The molecule has 4 saturated heterocycles. The number of benzene rings is 3. The number of pyridine rings is 1. The number of hydrogen-bond acceptors (Lipinski definition) is 14. The number of rotatable bonds is 13. The van der Waals surface area contributed by atoms with Crippen molar-refractivity contribution in [3.05, 3.63) is 100 Å². The van der Waals surface area contributed by atoms with E-state index >= 15 is 0 Å². The van der Waals surface area contributed by atoms with E-state index in [0.29, 0.717) is 74.4 Å². The van der Waals surface area contributed by atoms with Gasteiger partial charge in [-0.15, -0.1) is 0 Å². The standard InChI is InChI=1S/C52H62N8O9S/c1-33(2)68-47-8-4-3-6-39(47)42-7-5-20-58(42)37-29-52(30-37)17-21-57(22-18-52)36-9-11-40(44(27-36)59-43-16-25-67-32-48(43)69-51-46(59)26-35-13-19-53-49(35)55-51)50(61)56-70(64,65)38-10-12-41(45(28-38)60(62)63)54-31-34-14-23-66-24-15-34/h3-4,6,8-13,19,26-28,33-34,37,42-43,48,54H,5,7,14-18,20-25,29-32H2,1-2H3,(H,53,55)(H,56,61)/t42-,43-,48-/m0/s1. The maximum atomic E-state index is 14.7. The van der Waals surface area contributed by atoms with Crippen molar-refractivity contribution in [3.63, 3.8) is 0 Å². The molecule has 5 aromatic rings. The molecular formula is C52H62N8O9S. The Morgan fingerprint density at radius 2 is 1.76 bits per heavy atom. The van der Waals surface area contributed by atoms with Gasteiger partial charge in [0.05, 0.1) is 39.8 Å². The summed E-state index contributed by atoms with van der Waals surface area (Å²) in [5, 5.41) is 16.3. The molecule has 370 valence electrons. The average molecular weight is 975 g/mol. The zero-order valence-corrected chi connectivity index (χ0v) is 40.6. The fourth-order valence-electron chi connectivity index (χ4n) is 12.0. The molecule has 3 N–H and O–H groups in total. The minimum absolute atomic E-state index is 0.113. The van der Waals surface area contributed by atoms with Gasteiger partial charge < -0.3 is 39.0 Å². The van der Waals surface area contributed by atoms with Crippen LogP contribution < -0.4 is 29.3 Å². The third-order valence-electron chi connectivity index (χ3n) is 15.6. The number of ether oxygens (including phenoxy) is 4. The first kappa shape index (κ1) is 46.4. The van der Waals surface area contributed by atoms with Gasteiger partial charge in [0.2, 0.25) is 5.88 Å². The number of carbonyl (C=O) groups is 1. The lowest BCUT2D eigenvalue weighted by Crippen LogP contribution is -2.55.